The Morgan fingerprint density at radius 1 is 0.548 bits per heavy atom. The molecule has 0 fully saturated rings. The van der Waals surface area contributed by atoms with Gasteiger partial charge in [0.25, 0.3) is 0 Å². The van der Waals surface area contributed by atoms with Crippen molar-refractivity contribution < 1.29 is 25.5 Å². The van der Waals surface area contributed by atoms with Crippen LogP contribution in [-0.4, -0.2) is 25.5 Å². The molecular formula is C26H30O5. The molecule has 0 unspecified atom stereocenters. The molecule has 0 bridgehead atoms. The Balaban J connectivity index is 2.08. The lowest BCUT2D eigenvalue weighted by Gasteiger charge is -2.18. The highest BCUT2D eigenvalue weighted by atomic mass is 16.3. The Hall–Kier alpha value is -3.02. The molecule has 0 saturated carbocycles. The Morgan fingerprint density at radius 3 is 1.48 bits per heavy atom. The SMILES string of the molecule is Cc1cc(CO)c(O)c(Cc2cc(C)c(O)c(Cc3cc(C)cc(CO)c3O)c2C)c1. The predicted octanol–water partition coefficient (Wildman–Crippen LogP) is 4.20. The van der Waals surface area contributed by atoms with Gasteiger partial charge in [-0.3, -0.25) is 0 Å². The summed E-state index contributed by atoms with van der Waals surface area (Å²) in [5.74, 6) is 0.305. The average molecular weight is 423 g/mol. The van der Waals surface area contributed by atoms with Crippen LogP contribution in [0.1, 0.15) is 55.6 Å². The Labute approximate surface area is 182 Å². The zero-order valence-electron chi connectivity index (χ0n) is 18.5. The van der Waals surface area contributed by atoms with E-state index in [-0.39, 0.29) is 30.5 Å². The fourth-order valence-electron chi connectivity index (χ4n) is 4.22. The standard InChI is InChI=1S/C26H30O5/c1-14-5-19(25(30)21(7-14)12-27)10-18-9-16(3)24(29)23(17(18)4)11-20-6-15(2)8-22(13-28)26(20)31/h5-9,27-31H,10-13H2,1-4H3. The van der Waals surface area contributed by atoms with Crippen LogP contribution in [0.25, 0.3) is 0 Å². The predicted molar refractivity (Wildman–Crippen MR) is 121 cm³/mol. The van der Waals surface area contributed by atoms with Crippen LogP contribution >= 0.6 is 0 Å². The Kier molecular flexibility index (Phi) is 6.58. The third-order valence-electron chi connectivity index (χ3n) is 5.90. The molecule has 0 radical (unpaired) electrons. The first-order valence-corrected chi connectivity index (χ1v) is 10.3. The van der Waals surface area contributed by atoms with Crippen LogP contribution in [0, 0.1) is 27.7 Å². The smallest absolute Gasteiger partial charge is 0.124 e. The molecule has 3 aromatic rings. The van der Waals surface area contributed by atoms with Crippen LogP contribution in [0.2, 0.25) is 0 Å². The number of phenolic OH excluding ortho intramolecular Hbond substituents is 1. The van der Waals surface area contributed by atoms with Gasteiger partial charge in [0, 0.05) is 29.5 Å². The van der Waals surface area contributed by atoms with Gasteiger partial charge in [-0.1, -0.05) is 41.5 Å². The molecule has 0 aliphatic heterocycles. The van der Waals surface area contributed by atoms with Gasteiger partial charge in [-0.25, -0.2) is 0 Å². The molecule has 0 atom stereocenters. The number of rotatable bonds is 6. The maximum atomic E-state index is 10.8. The Morgan fingerprint density at radius 2 is 1.00 bits per heavy atom. The van der Waals surface area contributed by atoms with Crippen LogP contribution in [0.15, 0.2) is 30.3 Å². The zero-order valence-corrected chi connectivity index (χ0v) is 18.5. The lowest BCUT2D eigenvalue weighted by Crippen LogP contribution is -2.03. The molecule has 0 saturated heterocycles. The van der Waals surface area contributed by atoms with E-state index in [1.54, 1.807) is 12.1 Å². The molecule has 0 spiro atoms. The molecule has 0 aromatic heterocycles. The van der Waals surface area contributed by atoms with E-state index in [2.05, 4.69) is 0 Å². The number of hydrogen-bond donors (Lipinski definition) is 5. The largest absolute Gasteiger partial charge is 0.507 e. The van der Waals surface area contributed by atoms with Gasteiger partial charge in [-0.15, -0.1) is 0 Å². The molecule has 0 aliphatic rings. The van der Waals surface area contributed by atoms with Crippen molar-refractivity contribution in [2.24, 2.45) is 0 Å². The van der Waals surface area contributed by atoms with Crippen molar-refractivity contribution in [3.05, 3.63) is 86.0 Å². The van der Waals surface area contributed by atoms with E-state index >= 15 is 0 Å². The summed E-state index contributed by atoms with van der Waals surface area (Å²) in [6.45, 7) is 7.07. The fraction of sp³-hybridized carbons (Fsp3) is 0.308. The normalized spacial score (nSPS) is 11.2. The van der Waals surface area contributed by atoms with Crippen molar-refractivity contribution in [1.29, 1.82) is 0 Å². The first kappa shape index (κ1) is 22.7. The number of aliphatic hydroxyl groups excluding tert-OH is 2. The highest BCUT2D eigenvalue weighted by molar-refractivity contribution is 5.55. The summed E-state index contributed by atoms with van der Waals surface area (Å²) in [5, 5.41) is 51.0. The van der Waals surface area contributed by atoms with Crippen LogP contribution in [0.4, 0.5) is 0 Å². The minimum absolute atomic E-state index is 0.0406. The zero-order chi connectivity index (χ0) is 22.9. The van der Waals surface area contributed by atoms with Crippen LogP contribution < -0.4 is 0 Å². The fourth-order valence-corrected chi connectivity index (χ4v) is 4.22. The van der Waals surface area contributed by atoms with E-state index in [4.69, 9.17) is 0 Å². The van der Waals surface area contributed by atoms with Crippen molar-refractivity contribution in [3.63, 3.8) is 0 Å². The van der Waals surface area contributed by atoms with Gasteiger partial charge in [0.15, 0.2) is 0 Å². The van der Waals surface area contributed by atoms with E-state index in [1.807, 2.05) is 45.9 Å². The monoisotopic (exact) mass is 422 g/mol. The molecule has 0 heterocycles. The Bertz CT molecular complexity index is 1130. The summed E-state index contributed by atoms with van der Waals surface area (Å²) < 4.78 is 0. The summed E-state index contributed by atoms with van der Waals surface area (Å²) in [7, 11) is 0. The van der Waals surface area contributed by atoms with Crippen LogP contribution in [0.3, 0.4) is 0 Å². The van der Waals surface area contributed by atoms with Crippen molar-refractivity contribution in [1.82, 2.24) is 0 Å². The second kappa shape index (κ2) is 9.00. The second-order valence-corrected chi connectivity index (χ2v) is 8.34. The number of benzene rings is 3. The van der Waals surface area contributed by atoms with Gasteiger partial charge in [-0.05, 0) is 55.5 Å². The third-order valence-corrected chi connectivity index (χ3v) is 5.90. The summed E-state index contributed by atoms with van der Waals surface area (Å²) >= 11 is 0. The number of aromatic hydroxyl groups is 3. The molecule has 31 heavy (non-hydrogen) atoms. The molecular weight excluding hydrogens is 392 g/mol. The van der Waals surface area contributed by atoms with Crippen molar-refractivity contribution in [3.8, 4) is 17.2 Å². The van der Waals surface area contributed by atoms with Crippen LogP contribution in [0.5, 0.6) is 17.2 Å². The highest BCUT2D eigenvalue weighted by Gasteiger charge is 2.18. The van der Waals surface area contributed by atoms with Gasteiger partial charge < -0.3 is 25.5 Å². The molecule has 164 valence electrons. The first-order valence-electron chi connectivity index (χ1n) is 10.3. The lowest BCUT2D eigenvalue weighted by atomic mass is 9.88. The van der Waals surface area contributed by atoms with Gasteiger partial charge >= 0.3 is 0 Å². The van der Waals surface area contributed by atoms with E-state index < -0.39 is 0 Å². The molecule has 5 heteroatoms. The molecule has 0 amide bonds. The highest BCUT2D eigenvalue weighted by Crippen LogP contribution is 2.36. The lowest BCUT2D eigenvalue weighted by molar-refractivity contribution is 0.274. The first-order chi connectivity index (χ1) is 14.7. The molecule has 3 aromatic carbocycles. The third kappa shape index (κ3) is 4.53. The van der Waals surface area contributed by atoms with E-state index in [9.17, 15) is 25.5 Å². The molecule has 5 nitrogen and oxygen atoms in total. The second-order valence-electron chi connectivity index (χ2n) is 8.34. The van der Waals surface area contributed by atoms with Gasteiger partial charge in [-0.2, -0.15) is 0 Å². The van der Waals surface area contributed by atoms with Crippen molar-refractivity contribution in [2.75, 3.05) is 0 Å². The molecule has 3 rings (SSSR count). The van der Waals surface area contributed by atoms with E-state index in [1.165, 1.54) is 0 Å². The van der Waals surface area contributed by atoms with Crippen LogP contribution in [-0.2, 0) is 26.1 Å². The topological polar surface area (TPSA) is 101 Å². The van der Waals surface area contributed by atoms with E-state index in [0.717, 1.165) is 22.3 Å². The van der Waals surface area contributed by atoms with Crippen molar-refractivity contribution in [2.45, 2.75) is 53.8 Å². The minimum atomic E-state index is -0.260. The maximum Gasteiger partial charge on any atom is 0.124 e. The quantitative estimate of drug-likeness (QED) is 0.410. The number of phenols is 3. The summed E-state index contributed by atoms with van der Waals surface area (Å²) in [6, 6.07) is 9.17. The van der Waals surface area contributed by atoms with Crippen molar-refractivity contribution >= 4 is 0 Å². The van der Waals surface area contributed by atoms with Gasteiger partial charge in [0.2, 0.25) is 0 Å². The van der Waals surface area contributed by atoms with Gasteiger partial charge in [0.1, 0.15) is 17.2 Å². The maximum absolute atomic E-state index is 10.8. The van der Waals surface area contributed by atoms with Gasteiger partial charge in [0.05, 0.1) is 13.2 Å². The number of hydrogen-bond acceptors (Lipinski definition) is 5. The summed E-state index contributed by atoms with van der Waals surface area (Å²) in [4.78, 5) is 0. The minimum Gasteiger partial charge on any atom is -0.507 e. The summed E-state index contributed by atoms with van der Waals surface area (Å²) in [5.41, 5.74) is 7.41. The number of aliphatic hydroxyl groups is 2. The average Bonchev–Trinajstić information content (AvgIpc) is 2.73. The van der Waals surface area contributed by atoms with E-state index in [0.29, 0.717) is 46.2 Å². The molecule has 5 N–H and O–H groups in total. The number of aryl methyl sites for hydroxylation is 3. The molecule has 0 aliphatic carbocycles. The summed E-state index contributed by atoms with van der Waals surface area (Å²) in [6.07, 6.45) is 0.761.